The van der Waals surface area contributed by atoms with Gasteiger partial charge in [0, 0.05) is 5.56 Å². The van der Waals surface area contributed by atoms with Crippen molar-refractivity contribution in [1.82, 2.24) is 0 Å². The standard InChI is InChI=1S/C12H16F2N2/c1-15-4-6-16(7-5-15)9-10-8-11(13)2-3-12(10)14/h2-3,8H,4-7,9H2,1H3/p+2. The minimum absolute atomic E-state index is 0.292. The summed E-state index contributed by atoms with van der Waals surface area (Å²) in [7, 11) is 2.17. The number of halogens is 2. The summed E-state index contributed by atoms with van der Waals surface area (Å²) in [5.41, 5.74) is 0.495. The summed E-state index contributed by atoms with van der Waals surface area (Å²) in [5.74, 6) is -0.643. The lowest BCUT2D eigenvalue weighted by Gasteiger charge is -2.27. The third-order valence-corrected chi connectivity index (χ3v) is 3.26. The largest absolute Gasteiger partial charge is 0.328 e. The molecule has 0 aliphatic carbocycles. The van der Waals surface area contributed by atoms with E-state index in [-0.39, 0.29) is 11.6 Å². The van der Waals surface area contributed by atoms with Crippen LogP contribution in [0.2, 0.25) is 0 Å². The molecule has 0 saturated carbocycles. The molecule has 2 nitrogen and oxygen atoms in total. The highest BCUT2D eigenvalue weighted by Gasteiger charge is 2.21. The van der Waals surface area contributed by atoms with E-state index in [2.05, 4.69) is 7.05 Å². The van der Waals surface area contributed by atoms with Crippen LogP contribution in [0.4, 0.5) is 8.78 Å². The summed E-state index contributed by atoms with van der Waals surface area (Å²) in [6, 6.07) is 3.70. The predicted molar refractivity (Wildman–Crippen MR) is 57.4 cm³/mol. The fourth-order valence-electron chi connectivity index (χ4n) is 2.16. The van der Waals surface area contributed by atoms with Crippen molar-refractivity contribution in [3.8, 4) is 0 Å². The van der Waals surface area contributed by atoms with Gasteiger partial charge in [0.1, 0.15) is 44.4 Å². The Morgan fingerprint density at radius 2 is 1.81 bits per heavy atom. The number of likely N-dealkylation sites (N-methyl/N-ethyl adjacent to an activating group) is 1. The van der Waals surface area contributed by atoms with Crippen molar-refractivity contribution < 1.29 is 18.6 Å². The molecule has 0 unspecified atom stereocenters. The molecule has 0 spiro atoms. The van der Waals surface area contributed by atoms with E-state index in [0.29, 0.717) is 12.1 Å². The zero-order chi connectivity index (χ0) is 11.5. The first-order chi connectivity index (χ1) is 7.65. The minimum Gasteiger partial charge on any atom is -0.328 e. The van der Waals surface area contributed by atoms with E-state index < -0.39 is 0 Å². The van der Waals surface area contributed by atoms with E-state index in [0.717, 1.165) is 26.2 Å². The molecule has 0 aromatic heterocycles. The summed E-state index contributed by atoms with van der Waals surface area (Å²) in [6.45, 7) is 4.86. The molecule has 1 aliphatic heterocycles. The molecule has 16 heavy (non-hydrogen) atoms. The van der Waals surface area contributed by atoms with Crippen LogP contribution >= 0.6 is 0 Å². The second-order valence-corrected chi connectivity index (χ2v) is 4.62. The fraction of sp³-hybridized carbons (Fsp3) is 0.500. The van der Waals surface area contributed by atoms with Gasteiger partial charge < -0.3 is 9.80 Å². The van der Waals surface area contributed by atoms with Crippen molar-refractivity contribution in [3.63, 3.8) is 0 Å². The Balaban J connectivity index is 2.00. The molecule has 1 fully saturated rings. The van der Waals surface area contributed by atoms with E-state index in [1.807, 2.05) is 0 Å². The van der Waals surface area contributed by atoms with E-state index in [1.165, 1.54) is 28.0 Å². The maximum Gasteiger partial charge on any atom is 0.132 e. The van der Waals surface area contributed by atoms with Crippen LogP contribution in [0.25, 0.3) is 0 Å². The number of piperazine rings is 1. The number of rotatable bonds is 2. The summed E-state index contributed by atoms with van der Waals surface area (Å²) >= 11 is 0. The van der Waals surface area contributed by atoms with Crippen molar-refractivity contribution in [1.29, 1.82) is 0 Å². The van der Waals surface area contributed by atoms with Crippen LogP contribution < -0.4 is 9.80 Å². The summed E-state index contributed by atoms with van der Waals surface area (Å²) in [6.07, 6.45) is 0. The van der Waals surface area contributed by atoms with Gasteiger partial charge in [0.25, 0.3) is 0 Å². The maximum absolute atomic E-state index is 13.4. The molecule has 0 radical (unpaired) electrons. The Bertz CT molecular complexity index is 360. The average Bonchev–Trinajstić information content (AvgIpc) is 2.27. The first kappa shape index (κ1) is 11.5. The van der Waals surface area contributed by atoms with Crippen LogP contribution in [0.15, 0.2) is 18.2 Å². The zero-order valence-electron chi connectivity index (χ0n) is 9.52. The highest BCUT2D eigenvalue weighted by Crippen LogP contribution is 2.08. The molecular formula is C12H18F2N2+2. The first-order valence-corrected chi connectivity index (χ1v) is 5.74. The van der Waals surface area contributed by atoms with Gasteiger partial charge in [0.15, 0.2) is 0 Å². The lowest BCUT2D eigenvalue weighted by atomic mass is 10.2. The van der Waals surface area contributed by atoms with Gasteiger partial charge in [-0.25, -0.2) is 8.78 Å². The third-order valence-electron chi connectivity index (χ3n) is 3.26. The van der Waals surface area contributed by atoms with Crippen molar-refractivity contribution >= 4 is 0 Å². The van der Waals surface area contributed by atoms with Gasteiger partial charge in [-0.3, -0.25) is 0 Å². The van der Waals surface area contributed by atoms with Crippen LogP contribution in [0, 0.1) is 11.6 Å². The van der Waals surface area contributed by atoms with Crippen molar-refractivity contribution in [3.05, 3.63) is 35.4 Å². The SMILES string of the molecule is C[NH+]1CC[NH+](Cc2cc(F)ccc2F)CC1. The smallest absolute Gasteiger partial charge is 0.132 e. The van der Waals surface area contributed by atoms with Gasteiger partial charge in [-0.1, -0.05) is 0 Å². The Morgan fingerprint density at radius 1 is 1.12 bits per heavy atom. The summed E-state index contributed by atoms with van der Waals surface area (Å²) < 4.78 is 26.4. The molecule has 2 N–H and O–H groups in total. The topological polar surface area (TPSA) is 8.88 Å². The number of benzene rings is 1. The number of nitrogens with one attached hydrogen (secondary N) is 2. The molecule has 1 aromatic carbocycles. The highest BCUT2D eigenvalue weighted by molar-refractivity contribution is 5.17. The molecular weight excluding hydrogens is 210 g/mol. The normalized spacial score (nSPS) is 25.7. The highest BCUT2D eigenvalue weighted by atomic mass is 19.1. The van der Waals surface area contributed by atoms with Gasteiger partial charge in [-0.15, -0.1) is 0 Å². The molecule has 1 aromatic rings. The van der Waals surface area contributed by atoms with Gasteiger partial charge in [-0.05, 0) is 18.2 Å². The minimum atomic E-state index is -0.351. The molecule has 4 heteroatoms. The lowest BCUT2D eigenvalue weighted by molar-refractivity contribution is -1.01. The lowest BCUT2D eigenvalue weighted by Crippen LogP contribution is -3.26. The Hall–Kier alpha value is -1.00. The average molecular weight is 228 g/mol. The van der Waals surface area contributed by atoms with Gasteiger partial charge in [0.05, 0.1) is 7.05 Å². The van der Waals surface area contributed by atoms with Crippen molar-refractivity contribution in [2.45, 2.75) is 6.54 Å². The molecule has 0 amide bonds. The third kappa shape index (κ3) is 2.77. The Kier molecular flexibility index (Phi) is 3.51. The fourth-order valence-corrected chi connectivity index (χ4v) is 2.16. The summed E-state index contributed by atoms with van der Waals surface area (Å²) in [4.78, 5) is 2.86. The van der Waals surface area contributed by atoms with E-state index in [1.54, 1.807) is 0 Å². The number of hydrogen-bond acceptors (Lipinski definition) is 0. The predicted octanol–water partition coefficient (Wildman–Crippen LogP) is -1.12. The molecule has 0 atom stereocenters. The van der Waals surface area contributed by atoms with Gasteiger partial charge in [0.2, 0.25) is 0 Å². The van der Waals surface area contributed by atoms with Gasteiger partial charge >= 0.3 is 0 Å². The Morgan fingerprint density at radius 3 is 2.50 bits per heavy atom. The van der Waals surface area contributed by atoms with Crippen molar-refractivity contribution in [2.75, 3.05) is 33.2 Å². The molecule has 1 saturated heterocycles. The van der Waals surface area contributed by atoms with Crippen molar-refractivity contribution in [2.24, 2.45) is 0 Å². The molecule has 0 bridgehead atoms. The Labute approximate surface area is 94.5 Å². The van der Waals surface area contributed by atoms with E-state index in [4.69, 9.17) is 0 Å². The van der Waals surface area contributed by atoms with Gasteiger partial charge in [-0.2, -0.15) is 0 Å². The first-order valence-electron chi connectivity index (χ1n) is 5.74. The van der Waals surface area contributed by atoms with Crippen LogP contribution in [0.5, 0.6) is 0 Å². The molecule has 1 heterocycles. The van der Waals surface area contributed by atoms with Crippen LogP contribution in [-0.2, 0) is 6.54 Å². The second kappa shape index (κ2) is 4.89. The molecule has 88 valence electrons. The number of hydrogen-bond donors (Lipinski definition) is 2. The quantitative estimate of drug-likeness (QED) is 0.634. The second-order valence-electron chi connectivity index (χ2n) is 4.62. The monoisotopic (exact) mass is 228 g/mol. The maximum atomic E-state index is 13.4. The molecule has 1 aliphatic rings. The van der Waals surface area contributed by atoms with E-state index >= 15 is 0 Å². The van der Waals surface area contributed by atoms with Crippen LogP contribution in [0.3, 0.4) is 0 Å². The van der Waals surface area contributed by atoms with Crippen LogP contribution in [-0.4, -0.2) is 33.2 Å². The number of quaternary nitrogens is 2. The summed E-state index contributed by atoms with van der Waals surface area (Å²) in [5, 5.41) is 0. The van der Waals surface area contributed by atoms with E-state index in [9.17, 15) is 8.78 Å². The zero-order valence-corrected chi connectivity index (χ0v) is 9.52. The van der Waals surface area contributed by atoms with Crippen LogP contribution in [0.1, 0.15) is 5.56 Å². The molecule has 2 rings (SSSR count).